The molecule has 0 saturated heterocycles. The first-order chi connectivity index (χ1) is 8.15. The van der Waals surface area contributed by atoms with E-state index in [1.807, 2.05) is 23.9 Å². The Morgan fingerprint density at radius 3 is 2.82 bits per heavy atom. The molecule has 0 aliphatic heterocycles. The van der Waals surface area contributed by atoms with Gasteiger partial charge in [0.25, 0.3) is 0 Å². The van der Waals surface area contributed by atoms with Crippen LogP contribution in [0, 0.1) is 12.7 Å². The zero-order valence-electron chi connectivity index (χ0n) is 10.1. The molecule has 3 nitrogen and oxygen atoms in total. The fourth-order valence-electron chi connectivity index (χ4n) is 1.71. The van der Waals surface area contributed by atoms with Crippen molar-refractivity contribution in [2.24, 2.45) is 7.05 Å². The van der Waals surface area contributed by atoms with Crippen LogP contribution in [0.3, 0.4) is 0 Å². The minimum atomic E-state index is -0.154. The van der Waals surface area contributed by atoms with Crippen molar-refractivity contribution in [1.82, 2.24) is 14.9 Å². The Labute approximate surface area is 100 Å². The third kappa shape index (κ3) is 3.14. The first-order valence-corrected chi connectivity index (χ1v) is 5.58. The number of nitrogens with one attached hydrogen (secondary N) is 1. The van der Waals surface area contributed by atoms with E-state index < -0.39 is 0 Å². The maximum absolute atomic E-state index is 13.1. The molecule has 0 aliphatic rings. The Morgan fingerprint density at radius 1 is 1.35 bits per heavy atom. The van der Waals surface area contributed by atoms with Crippen LogP contribution >= 0.6 is 0 Å². The molecule has 0 atom stereocenters. The van der Waals surface area contributed by atoms with Gasteiger partial charge in [0.1, 0.15) is 5.82 Å². The summed E-state index contributed by atoms with van der Waals surface area (Å²) in [7, 11) is 1.94. The summed E-state index contributed by atoms with van der Waals surface area (Å²) in [6.45, 7) is 3.21. The van der Waals surface area contributed by atoms with E-state index in [-0.39, 0.29) is 5.82 Å². The fraction of sp³-hybridized carbons (Fsp3) is 0.308. The lowest BCUT2D eigenvalue weighted by molar-refractivity contribution is 0.615. The van der Waals surface area contributed by atoms with Gasteiger partial charge in [0.2, 0.25) is 0 Å². The van der Waals surface area contributed by atoms with Gasteiger partial charge in [-0.05, 0) is 24.1 Å². The standard InChI is InChI=1S/C13H16FN3/c1-10-5-11(3-4-13(10)14)6-15-7-12-8-17(2)9-16-12/h3-5,8-9,15H,6-7H2,1-2H3. The van der Waals surface area contributed by atoms with Crippen molar-refractivity contribution in [3.63, 3.8) is 0 Å². The Bertz CT molecular complexity index is 505. The van der Waals surface area contributed by atoms with Crippen LogP contribution in [-0.2, 0) is 20.1 Å². The highest BCUT2D eigenvalue weighted by atomic mass is 19.1. The predicted octanol–water partition coefficient (Wildman–Crippen LogP) is 2.16. The maximum atomic E-state index is 13.1. The largest absolute Gasteiger partial charge is 0.340 e. The van der Waals surface area contributed by atoms with Crippen LogP contribution in [0.5, 0.6) is 0 Å². The molecule has 0 amide bonds. The van der Waals surface area contributed by atoms with Crippen molar-refractivity contribution in [2.45, 2.75) is 20.0 Å². The molecular weight excluding hydrogens is 217 g/mol. The third-order valence-electron chi connectivity index (χ3n) is 2.62. The quantitative estimate of drug-likeness (QED) is 0.877. The zero-order chi connectivity index (χ0) is 12.3. The Kier molecular flexibility index (Phi) is 3.54. The SMILES string of the molecule is Cc1cc(CNCc2cn(C)cn2)ccc1F. The molecule has 0 saturated carbocycles. The van der Waals surface area contributed by atoms with E-state index in [1.165, 1.54) is 6.07 Å². The lowest BCUT2D eigenvalue weighted by Gasteiger charge is -2.04. The molecule has 1 aromatic carbocycles. The van der Waals surface area contributed by atoms with E-state index in [1.54, 1.807) is 19.3 Å². The van der Waals surface area contributed by atoms with E-state index in [2.05, 4.69) is 10.3 Å². The second kappa shape index (κ2) is 5.10. The minimum absolute atomic E-state index is 0.154. The van der Waals surface area contributed by atoms with Gasteiger partial charge in [0, 0.05) is 26.3 Å². The normalized spacial score (nSPS) is 10.8. The molecule has 2 rings (SSSR count). The summed E-state index contributed by atoms with van der Waals surface area (Å²) in [6.07, 6.45) is 3.75. The van der Waals surface area contributed by atoms with Crippen LogP contribution in [0.1, 0.15) is 16.8 Å². The number of imidazole rings is 1. The zero-order valence-corrected chi connectivity index (χ0v) is 10.1. The average Bonchev–Trinajstić information content (AvgIpc) is 2.70. The number of hydrogen-bond donors (Lipinski definition) is 1. The molecule has 2 aromatic rings. The number of benzene rings is 1. The van der Waals surface area contributed by atoms with Crippen LogP contribution in [0.4, 0.5) is 4.39 Å². The smallest absolute Gasteiger partial charge is 0.126 e. The summed E-state index contributed by atoms with van der Waals surface area (Å²) < 4.78 is 15.0. The minimum Gasteiger partial charge on any atom is -0.340 e. The van der Waals surface area contributed by atoms with Gasteiger partial charge in [-0.3, -0.25) is 0 Å². The van der Waals surface area contributed by atoms with Gasteiger partial charge >= 0.3 is 0 Å². The van der Waals surface area contributed by atoms with Gasteiger partial charge < -0.3 is 9.88 Å². The van der Waals surface area contributed by atoms with Crippen LogP contribution in [0.15, 0.2) is 30.7 Å². The number of aryl methyl sites for hydroxylation is 2. The number of halogens is 1. The molecule has 0 bridgehead atoms. The molecule has 90 valence electrons. The molecule has 0 aliphatic carbocycles. The second-order valence-corrected chi connectivity index (χ2v) is 4.22. The first-order valence-electron chi connectivity index (χ1n) is 5.58. The van der Waals surface area contributed by atoms with E-state index in [0.29, 0.717) is 5.56 Å². The molecule has 17 heavy (non-hydrogen) atoms. The van der Waals surface area contributed by atoms with Crippen molar-refractivity contribution < 1.29 is 4.39 Å². The average molecular weight is 233 g/mol. The third-order valence-corrected chi connectivity index (χ3v) is 2.62. The van der Waals surface area contributed by atoms with E-state index in [9.17, 15) is 4.39 Å². The monoisotopic (exact) mass is 233 g/mol. The van der Waals surface area contributed by atoms with Gasteiger partial charge in [-0.25, -0.2) is 9.37 Å². The van der Waals surface area contributed by atoms with Crippen molar-refractivity contribution in [1.29, 1.82) is 0 Å². The van der Waals surface area contributed by atoms with Crippen molar-refractivity contribution in [3.05, 3.63) is 53.4 Å². The summed E-state index contributed by atoms with van der Waals surface area (Å²) in [4.78, 5) is 4.22. The van der Waals surface area contributed by atoms with Crippen LogP contribution < -0.4 is 5.32 Å². The number of hydrogen-bond acceptors (Lipinski definition) is 2. The van der Waals surface area contributed by atoms with Crippen LogP contribution in [-0.4, -0.2) is 9.55 Å². The molecule has 1 N–H and O–H groups in total. The van der Waals surface area contributed by atoms with E-state index in [4.69, 9.17) is 0 Å². The second-order valence-electron chi connectivity index (χ2n) is 4.22. The Morgan fingerprint density at radius 2 is 2.18 bits per heavy atom. The lowest BCUT2D eigenvalue weighted by Crippen LogP contribution is -2.13. The molecule has 0 unspecified atom stereocenters. The Hall–Kier alpha value is -1.68. The first kappa shape index (κ1) is 11.8. The molecule has 0 spiro atoms. The highest BCUT2D eigenvalue weighted by Crippen LogP contribution is 2.09. The van der Waals surface area contributed by atoms with E-state index >= 15 is 0 Å². The van der Waals surface area contributed by atoms with Gasteiger partial charge in [-0.1, -0.05) is 12.1 Å². The van der Waals surface area contributed by atoms with Gasteiger partial charge in [0.15, 0.2) is 0 Å². The van der Waals surface area contributed by atoms with Gasteiger partial charge in [-0.2, -0.15) is 0 Å². The molecule has 0 fully saturated rings. The highest BCUT2D eigenvalue weighted by Gasteiger charge is 2.00. The van der Waals surface area contributed by atoms with Gasteiger partial charge in [0.05, 0.1) is 12.0 Å². The number of rotatable bonds is 4. The van der Waals surface area contributed by atoms with Crippen LogP contribution in [0.2, 0.25) is 0 Å². The van der Waals surface area contributed by atoms with Gasteiger partial charge in [-0.15, -0.1) is 0 Å². The molecule has 4 heteroatoms. The van der Waals surface area contributed by atoms with Crippen molar-refractivity contribution in [3.8, 4) is 0 Å². The molecule has 0 radical (unpaired) electrons. The number of nitrogens with zero attached hydrogens (tertiary/aromatic N) is 2. The van der Waals surface area contributed by atoms with Crippen molar-refractivity contribution >= 4 is 0 Å². The Balaban J connectivity index is 1.87. The van der Waals surface area contributed by atoms with E-state index in [0.717, 1.165) is 24.3 Å². The summed E-state index contributed by atoms with van der Waals surface area (Å²) in [5.74, 6) is -0.154. The van der Waals surface area contributed by atoms with Crippen LogP contribution in [0.25, 0.3) is 0 Å². The molecule has 1 aromatic heterocycles. The number of aromatic nitrogens is 2. The topological polar surface area (TPSA) is 29.9 Å². The molecular formula is C13H16FN3. The summed E-state index contributed by atoms with van der Waals surface area (Å²) in [5, 5.41) is 3.28. The summed E-state index contributed by atoms with van der Waals surface area (Å²) in [6, 6.07) is 5.17. The molecule has 1 heterocycles. The summed E-state index contributed by atoms with van der Waals surface area (Å²) >= 11 is 0. The fourth-order valence-corrected chi connectivity index (χ4v) is 1.71. The lowest BCUT2D eigenvalue weighted by atomic mass is 10.1. The highest BCUT2D eigenvalue weighted by molar-refractivity contribution is 5.23. The van der Waals surface area contributed by atoms with Crippen molar-refractivity contribution in [2.75, 3.05) is 0 Å². The predicted molar refractivity (Wildman–Crippen MR) is 64.9 cm³/mol. The maximum Gasteiger partial charge on any atom is 0.126 e. The summed E-state index contributed by atoms with van der Waals surface area (Å²) in [5.41, 5.74) is 2.77.